The third kappa shape index (κ3) is 4.06. The Hall–Kier alpha value is -3.04. The number of carbonyl (C=O) groups is 1. The number of nitro benzene ring substituents is 1. The molecule has 0 saturated carbocycles. The van der Waals surface area contributed by atoms with Gasteiger partial charge in [-0.2, -0.15) is 0 Å². The zero-order valence-corrected chi connectivity index (χ0v) is 15.8. The number of non-ortho nitro benzene ring substituents is 1. The van der Waals surface area contributed by atoms with E-state index in [0.29, 0.717) is 32.7 Å². The molecule has 4 rings (SSSR count). The maximum absolute atomic E-state index is 13.2. The highest BCUT2D eigenvalue weighted by molar-refractivity contribution is 5.80. The van der Waals surface area contributed by atoms with Crippen LogP contribution in [0.3, 0.4) is 0 Å². The molecule has 29 heavy (non-hydrogen) atoms. The summed E-state index contributed by atoms with van der Waals surface area (Å²) < 4.78 is 13.2. The number of carbonyl (C=O) groups excluding carboxylic acids is 1. The van der Waals surface area contributed by atoms with Crippen LogP contribution in [0.1, 0.15) is 11.6 Å². The summed E-state index contributed by atoms with van der Waals surface area (Å²) in [7, 11) is 0. The van der Waals surface area contributed by atoms with Gasteiger partial charge in [-0.15, -0.1) is 0 Å². The van der Waals surface area contributed by atoms with E-state index in [9.17, 15) is 19.3 Å². The van der Waals surface area contributed by atoms with Crippen molar-refractivity contribution in [3.63, 3.8) is 0 Å². The fourth-order valence-electron chi connectivity index (χ4n) is 3.92. The maximum atomic E-state index is 13.2. The van der Waals surface area contributed by atoms with Crippen LogP contribution >= 0.6 is 0 Å². The average molecular weight is 399 g/mol. The molecule has 9 heteroatoms. The topological polar surface area (TPSA) is 90.8 Å². The lowest BCUT2D eigenvalue weighted by molar-refractivity contribution is -0.384. The van der Waals surface area contributed by atoms with Crippen molar-refractivity contribution < 1.29 is 14.1 Å². The molecular weight excluding hydrogens is 377 g/mol. The van der Waals surface area contributed by atoms with Crippen LogP contribution in [0, 0.1) is 21.8 Å². The first-order valence-corrected chi connectivity index (χ1v) is 9.55. The maximum Gasteiger partial charge on any atom is 0.269 e. The number of halogens is 1. The molecule has 2 aromatic rings. The van der Waals surface area contributed by atoms with E-state index in [1.165, 1.54) is 24.3 Å². The van der Waals surface area contributed by atoms with Crippen molar-refractivity contribution in [2.24, 2.45) is 5.92 Å². The van der Waals surface area contributed by atoms with Crippen molar-refractivity contribution in [1.29, 1.82) is 0 Å². The van der Waals surface area contributed by atoms with Crippen molar-refractivity contribution in [2.45, 2.75) is 6.04 Å². The summed E-state index contributed by atoms with van der Waals surface area (Å²) in [6, 6.07) is 12.5. The van der Waals surface area contributed by atoms with Crippen LogP contribution in [0.15, 0.2) is 48.5 Å². The number of nitrogens with one attached hydrogen (secondary N) is 2. The van der Waals surface area contributed by atoms with E-state index in [1.54, 1.807) is 24.3 Å². The first-order valence-electron chi connectivity index (χ1n) is 9.55. The van der Waals surface area contributed by atoms with Gasteiger partial charge in [0.1, 0.15) is 5.82 Å². The number of hydrazine groups is 1. The van der Waals surface area contributed by atoms with Gasteiger partial charge in [0.15, 0.2) is 0 Å². The second kappa shape index (κ2) is 8.14. The van der Waals surface area contributed by atoms with Gasteiger partial charge in [-0.3, -0.25) is 20.3 Å². The van der Waals surface area contributed by atoms with Crippen LogP contribution in [-0.4, -0.2) is 48.5 Å². The summed E-state index contributed by atoms with van der Waals surface area (Å²) >= 11 is 0. The largest absolute Gasteiger partial charge is 0.368 e. The normalized spacial score (nSPS) is 22.0. The quantitative estimate of drug-likeness (QED) is 0.602. The second-order valence-corrected chi connectivity index (χ2v) is 7.25. The van der Waals surface area contributed by atoms with Crippen molar-refractivity contribution in [3.05, 3.63) is 70.0 Å². The van der Waals surface area contributed by atoms with Gasteiger partial charge in [-0.05, 0) is 29.8 Å². The van der Waals surface area contributed by atoms with Crippen LogP contribution in [0.2, 0.25) is 0 Å². The number of amides is 1. The van der Waals surface area contributed by atoms with Crippen LogP contribution in [-0.2, 0) is 4.79 Å². The van der Waals surface area contributed by atoms with E-state index in [4.69, 9.17) is 0 Å². The van der Waals surface area contributed by atoms with Gasteiger partial charge in [0, 0.05) is 50.5 Å². The average Bonchev–Trinajstić information content (AvgIpc) is 3.24. The van der Waals surface area contributed by atoms with Gasteiger partial charge >= 0.3 is 0 Å². The Bertz CT molecular complexity index is 882. The minimum absolute atomic E-state index is 0.0654. The third-order valence-electron chi connectivity index (χ3n) is 5.55. The van der Waals surface area contributed by atoms with E-state index in [0.717, 1.165) is 11.3 Å². The smallest absolute Gasteiger partial charge is 0.269 e. The van der Waals surface area contributed by atoms with E-state index < -0.39 is 4.92 Å². The molecule has 0 radical (unpaired) electrons. The fraction of sp³-hybridized carbons (Fsp3) is 0.350. The Morgan fingerprint density at radius 3 is 2.31 bits per heavy atom. The summed E-state index contributed by atoms with van der Waals surface area (Å²) in [6.45, 7) is 3.02. The molecule has 0 aliphatic carbocycles. The van der Waals surface area contributed by atoms with E-state index in [-0.39, 0.29) is 29.4 Å². The van der Waals surface area contributed by atoms with Gasteiger partial charge in [-0.25, -0.2) is 9.82 Å². The minimum Gasteiger partial charge on any atom is -0.368 e. The van der Waals surface area contributed by atoms with Crippen LogP contribution in [0.25, 0.3) is 0 Å². The van der Waals surface area contributed by atoms with Gasteiger partial charge in [0.2, 0.25) is 5.91 Å². The number of benzene rings is 2. The number of rotatable bonds is 4. The summed E-state index contributed by atoms with van der Waals surface area (Å²) in [5, 5.41) is 10.8. The molecule has 2 aliphatic rings. The highest BCUT2D eigenvalue weighted by Crippen LogP contribution is 2.28. The molecule has 152 valence electrons. The van der Waals surface area contributed by atoms with Crippen LogP contribution in [0.4, 0.5) is 15.8 Å². The Morgan fingerprint density at radius 2 is 1.69 bits per heavy atom. The number of nitro groups is 1. The number of piperazine rings is 1. The molecule has 2 unspecified atom stereocenters. The lowest BCUT2D eigenvalue weighted by atomic mass is 9.93. The minimum atomic E-state index is -0.415. The molecule has 2 heterocycles. The van der Waals surface area contributed by atoms with Crippen LogP contribution in [0.5, 0.6) is 0 Å². The summed E-state index contributed by atoms with van der Waals surface area (Å²) in [4.78, 5) is 27.5. The van der Waals surface area contributed by atoms with Crippen molar-refractivity contribution >= 4 is 17.3 Å². The molecular formula is C20H22FN5O3. The summed E-state index contributed by atoms with van der Waals surface area (Å²) in [5.74, 6) is -0.489. The number of hydrogen-bond donors (Lipinski definition) is 2. The zero-order valence-electron chi connectivity index (χ0n) is 15.8. The molecule has 0 aromatic heterocycles. The standard InChI is InChI=1S/C20H22FN5O3/c21-15-3-1-14(2-4-15)19-18(13-22-23-19)20(27)25-11-9-24(10-12-25)16-5-7-17(8-6-16)26(28)29/h1-8,18-19,22-23H,9-13H2. The predicted octanol–water partition coefficient (Wildman–Crippen LogP) is 1.85. The lowest BCUT2D eigenvalue weighted by Crippen LogP contribution is -2.51. The van der Waals surface area contributed by atoms with Crippen molar-refractivity contribution in [2.75, 3.05) is 37.6 Å². The summed E-state index contributed by atoms with van der Waals surface area (Å²) in [5.41, 5.74) is 8.03. The molecule has 2 N–H and O–H groups in total. The first-order chi connectivity index (χ1) is 14.0. The van der Waals surface area contributed by atoms with Crippen molar-refractivity contribution in [3.8, 4) is 0 Å². The Morgan fingerprint density at radius 1 is 1.03 bits per heavy atom. The molecule has 8 nitrogen and oxygen atoms in total. The molecule has 2 aromatic carbocycles. The highest BCUT2D eigenvalue weighted by Gasteiger charge is 2.37. The molecule has 2 atom stereocenters. The summed E-state index contributed by atoms with van der Waals surface area (Å²) in [6.07, 6.45) is 0. The Balaban J connectivity index is 1.38. The van der Waals surface area contributed by atoms with Gasteiger partial charge in [-0.1, -0.05) is 12.1 Å². The molecule has 0 bridgehead atoms. The Kier molecular flexibility index (Phi) is 5.41. The predicted molar refractivity (Wildman–Crippen MR) is 106 cm³/mol. The third-order valence-corrected chi connectivity index (χ3v) is 5.55. The zero-order chi connectivity index (χ0) is 20.4. The van der Waals surface area contributed by atoms with Gasteiger partial charge in [0.25, 0.3) is 5.69 Å². The van der Waals surface area contributed by atoms with E-state index in [1.807, 2.05) is 4.90 Å². The molecule has 2 fully saturated rings. The lowest BCUT2D eigenvalue weighted by Gasteiger charge is -2.37. The van der Waals surface area contributed by atoms with E-state index >= 15 is 0 Å². The molecule has 2 aliphatic heterocycles. The molecule has 0 spiro atoms. The number of hydrogen-bond acceptors (Lipinski definition) is 6. The number of anilines is 1. The second-order valence-electron chi connectivity index (χ2n) is 7.25. The van der Waals surface area contributed by atoms with Crippen LogP contribution < -0.4 is 15.8 Å². The van der Waals surface area contributed by atoms with E-state index in [2.05, 4.69) is 15.8 Å². The SMILES string of the molecule is O=C(C1CNNC1c1ccc(F)cc1)N1CCN(c2ccc([N+](=O)[O-])cc2)CC1. The number of nitrogens with zero attached hydrogens (tertiary/aromatic N) is 3. The fourth-order valence-corrected chi connectivity index (χ4v) is 3.92. The van der Waals surface area contributed by atoms with Gasteiger partial charge < -0.3 is 9.80 Å². The van der Waals surface area contributed by atoms with Crippen molar-refractivity contribution in [1.82, 2.24) is 15.8 Å². The first kappa shape index (κ1) is 19.3. The monoisotopic (exact) mass is 399 g/mol. The molecule has 1 amide bonds. The highest BCUT2D eigenvalue weighted by atomic mass is 19.1. The molecule has 2 saturated heterocycles. The van der Waals surface area contributed by atoms with Gasteiger partial charge in [0.05, 0.1) is 16.9 Å². The Labute approximate surface area is 167 Å².